The maximum Gasteiger partial charge on any atom is 0.234 e. The molecule has 2 aromatic rings. The van der Waals surface area contributed by atoms with Crippen LogP contribution in [0.15, 0.2) is 33.9 Å². The summed E-state index contributed by atoms with van der Waals surface area (Å²) in [4.78, 5) is 14.5. The lowest BCUT2D eigenvalue weighted by Crippen LogP contribution is -2.36. The van der Waals surface area contributed by atoms with E-state index in [-0.39, 0.29) is 5.91 Å². The summed E-state index contributed by atoms with van der Waals surface area (Å²) in [6.07, 6.45) is 0. The fraction of sp³-hybridized carbons (Fsp3) is 0.471. The van der Waals surface area contributed by atoms with Gasteiger partial charge in [0.2, 0.25) is 5.91 Å². The van der Waals surface area contributed by atoms with Crippen LogP contribution in [0.4, 0.5) is 5.69 Å². The maximum atomic E-state index is 12.2. The summed E-state index contributed by atoms with van der Waals surface area (Å²) < 4.78 is 8.39. The minimum absolute atomic E-state index is 0.0616. The van der Waals surface area contributed by atoms with E-state index in [1.54, 1.807) is 0 Å². The van der Waals surface area contributed by atoms with E-state index in [1.165, 1.54) is 11.8 Å². The molecule has 26 heavy (non-hydrogen) atoms. The average molecular weight is 440 g/mol. The fourth-order valence-corrected chi connectivity index (χ4v) is 3.93. The first kappa shape index (κ1) is 19.3. The minimum atomic E-state index is -0.0616. The third-order valence-electron chi connectivity index (χ3n) is 4.02. The number of thioether (sulfide) groups is 1. The highest BCUT2D eigenvalue weighted by Gasteiger charge is 2.17. The first-order valence-electron chi connectivity index (χ1n) is 8.56. The Balaban J connectivity index is 1.56. The number of halogens is 1. The summed E-state index contributed by atoms with van der Waals surface area (Å²) in [5, 5.41) is 12.3. The number of morpholine rings is 1. The number of carbonyl (C=O) groups excluding carboxylic acids is 1. The molecule has 3 rings (SSSR count). The van der Waals surface area contributed by atoms with E-state index in [0.29, 0.717) is 5.75 Å². The molecule has 1 aromatic carbocycles. The molecule has 1 fully saturated rings. The Morgan fingerprint density at radius 1 is 1.35 bits per heavy atom. The highest BCUT2D eigenvalue weighted by atomic mass is 79.9. The van der Waals surface area contributed by atoms with Crippen molar-refractivity contribution >= 4 is 39.3 Å². The van der Waals surface area contributed by atoms with Crippen molar-refractivity contribution in [1.82, 2.24) is 19.7 Å². The second-order valence-electron chi connectivity index (χ2n) is 5.88. The Labute approximate surface area is 165 Å². The topological polar surface area (TPSA) is 72.3 Å². The molecule has 1 amide bonds. The van der Waals surface area contributed by atoms with Gasteiger partial charge in [-0.3, -0.25) is 9.69 Å². The van der Waals surface area contributed by atoms with Crippen molar-refractivity contribution < 1.29 is 9.53 Å². The quantitative estimate of drug-likeness (QED) is 0.668. The van der Waals surface area contributed by atoms with Crippen molar-refractivity contribution in [3.8, 4) is 0 Å². The van der Waals surface area contributed by atoms with Gasteiger partial charge >= 0.3 is 0 Å². The molecule has 0 bridgehead atoms. The summed E-state index contributed by atoms with van der Waals surface area (Å²) in [7, 11) is 0. The second-order valence-corrected chi connectivity index (χ2v) is 7.74. The lowest BCUT2D eigenvalue weighted by molar-refractivity contribution is -0.113. The van der Waals surface area contributed by atoms with Gasteiger partial charge in [0, 0.05) is 29.8 Å². The SMILES string of the molecule is CCn1c(CN2CCOCC2)nnc1SCC(=O)Nc1cccc(Br)c1. The van der Waals surface area contributed by atoms with Crippen LogP contribution < -0.4 is 5.32 Å². The van der Waals surface area contributed by atoms with E-state index in [9.17, 15) is 4.79 Å². The smallest absolute Gasteiger partial charge is 0.234 e. The van der Waals surface area contributed by atoms with Gasteiger partial charge in [-0.1, -0.05) is 33.8 Å². The molecule has 1 aliphatic rings. The minimum Gasteiger partial charge on any atom is -0.379 e. The van der Waals surface area contributed by atoms with Gasteiger partial charge in [0.15, 0.2) is 5.16 Å². The van der Waals surface area contributed by atoms with Gasteiger partial charge in [-0.05, 0) is 25.1 Å². The maximum absolute atomic E-state index is 12.2. The third-order valence-corrected chi connectivity index (χ3v) is 5.48. The van der Waals surface area contributed by atoms with Crippen molar-refractivity contribution in [3.63, 3.8) is 0 Å². The molecule has 0 unspecified atom stereocenters. The number of anilines is 1. The molecule has 0 saturated carbocycles. The van der Waals surface area contributed by atoms with E-state index in [1.807, 2.05) is 24.3 Å². The van der Waals surface area contributed by atoms with Gasteiger partial charge in [-0.2, -0.15) is 0 Å². The molecule has 0 spiro atoms. The molecule has 1 aliphatic heterocycles. The van der Waals surface area contributed by atoms with Crippen LogP contribution in [0.3, 0.4) is 0 Å². The van der Waals surface area contributed by atoms with Crippen LogP contribution in [0.1, 0.15) is 12.7 Å². The molecule has 9 heteroatoms. The zero-order valence-corrected chi connectivity index (χ0v) is 17.1. The van der Waals surface area contributed by atoms with Gasteiger partial charge in [0.05, 0.1) is 25.5 Å². The van der Waals surface area contributed by atoms with Crippen LogP contribution >= 0.6 is 27.7 Å². The summed E-state index contributed by atoms with van der Waals surface area (Å²) in [5.41, 5.74) is 0.773. The van der Waals surface area contributed by atoms with Gasteiger partial charge in [-0.15, -0.1) is 10.2 Å². The van der Waals surface area contributed by atoms with Crippen molar-refractivity contribution in [2.45, 2.75) is 25.2 Å². The van der Waals surface area contributed by atoms with Crippen molar-refractivity contribution in [2.24, 2.45) is 0 Å². The normalized spacial score (nSPS) is 15.2. The van der Waals surface area contributed by atoms with Crippen LogP contribution in [0.25, 0.3) is 0 Å². The van der Waals surface area contributed by atoms with E-state index < -0.39 is 0 Å². The number of nitrogens with one attached hydrogen (secondary N) is 1. The largest absolute Gasteiger partial charge is 0.379 e. The van der Waals surface area contributed by atoms with Crippen LogP contribution in [-0.4, -0.2) is 57.6 Å². The molecule has 7 nitrogen and oxygen atoms in total. The Bertz CT molecular complexity index is 749. The summed E-state index contributed by atoms with van der Waals surface area (Å²) in [6.45, 7) is 6.95. The molecular formula is C17H22BrN5O2S. The number of aromatic nitrogens is 3. The van der Waals surface area contributed by atoms with Gasteiger partial charge in [-0.25, -0.2) is 0 Å². The third kappa shape index (κ3) is 5.29. The predicted octanol–water partition coefficient (Wildman–Crippen LogP) is 2.62. The predicted molar refractivity (Wildman–Crippen MR) is 105 cm³/mol. The molecule has 0 aliphatic carbocycles. The molecule has 1 aromatic heterocycles. The molecule has 0 atom stereocenters. The number of hydrogen-bond acceptors (Lipinski definition) is 6. The Hall–Kier alpha value is -1.42. The monoisotopic (exact) mass is 439 g/mol. The van der Waals surface area contributed by atoms with Gasteiger partial charge in [0.1, 0.15) is 5.82 Å². The number of nitrogens with zero attached hydrogens (tertiary/aromatic N) is 4. The first-order valence-corrected chi connectivity index (χ1v) is 10.3. The first-order chi connectivity index (χ1) is 12.7. The fourth-order valence-electron chi connectivity index (χ4n) is 2.71. The number of rotatable bonds is 7. The number of ether oxygens (including phenoxy) is 1. The van der Waals surface area contributed by atoms with E-state index in [0.717, 1.165) is 60.5 Å². The zero-order valence-electron chi connectivity index (χ0n) is 14.7. The van der Waals surface area contributed by atoms with Crippen LogP contribution in [0.5, 0.6) is 0 Å². The average Bonchev–Trinajstić information content (AvgIpc) is 3.02. The van der Waals surface area contributed by atoms with E-state index in [4.69, 9.17) is 4.74 Å². The molecule has 1 saturated heterocycles. The summed E-state index contributed by atoms with van der Waals surface area (Å²) in [6, 6.07) is 7.54. The molecule has 140 valence electrons. The van der Waals surface area contributed by atoms with Crippen molar-refractivity contribution in [2.75, 3.05) is 37.4 Å². The van der Waals surface area contributed by atoms with Gasteiger partial charge < -0.3 is 14.6 Å². The highest BCUT2D eigenvalue weighted by molar-refractivity contribution is 9.10. The second kappa shape index (κ2) is 9.50. The Kier molecular flexibility index (Phi) is 7.07. The highest BCUT2D eigenvalue weighted by Crippen LogP contribution is 2.20. The number of carbonyl (C=O) groups is 1. The standard InChI is InChI=1S/C17H22BrN5O2S/c1-2-23-15(11-22-6-8-25-9-7-22)20-21-17(23)26-12-16(24)19-14-5-3-4-13(18)10-14/h3-5,10H,2,6-9,11-12H2,1H3,(H,19,24). The lowest BCUT2D eigenvalue weighted by Gasteiger charge is -2.26. The van der Waals surface area contributed by atoms with Gasteiger partial charge in [0.25, 0.3) is 0 Å². The molecule has 2 heterocycles. The molecule has 0 radical (unpaired) electrons. The molecule has 1 N–H and O–H groups in total. The Morgan fingerprint density at radius 3 is 2.88 bits per heavy atom. The van der Waals surface area contributed by atoms with Crippen LogP contribution in [0.2, 0.25) is 0 Å². The lowest BCUT2D eigenvalue weighted by atomic mass is 10.3. The summed E-state index contributed by atoms with van der Waals surface area (Å²) in [5.74, 6) is 1.17. The van der Waals surface area contributed by atoms with Crippen molar-refractivity contribution in [1.29, 1.82) is 0 Å². The number of benzene rings is 1. The van der Waals surface area contributed by atoms with E-state index >= 15 is 0 Å². The molecular weight excluding hydrogens is 418 g/mol. The Morgan fingerprint density at radius 2 is 2.15 bits per heavy atom. The van der Waals surface area contributed by atoms with Crippen molar-refractivity contribution in [3.05, 3.63) is 34.6 Å². The van der Waals surface area contributed by atoms with E-state index in [2.05, 4.69) is 47.8 Å². The zero-order chi connectivity index (χ0) is 18.4. The number of amides is 1. The summed E-state index contributed by atoms with van der Waals surface area (Å²) >= 11 is 4.81. The van der Waals surface area contributed by atoms with Crippen LogP contribution in [-0.2, 0) is 22.6 Å². The van der Waals surface area contributed by atoms with Crippen LogP contribution in [0, 0.1) is 0 Å². The number of hydrogen-bond donors (Lipinski definition) is 1.